The van der Waals surface area contributed by atoms with Gasteiger partial charge in [-0.3, -0.25) is 4.79 Å². The summed E-state index contributed by atoms with van der Waals surface area (Å²) in [6, 6.07) is 5.66. The summed E-state index contributed by atoms with van der Waals surface area (Å²) in [5, 5.41) is 17.7. The number of carbonyl (C=O) groups is 2. The van der Waals surface area contributed by atoms with Crippen molar-refractivity contribution in [1.82, 2.24) is 9.97 Å². The number of phenolic OH excluding ortho intramolecular Hbond substituents is 1. The van der Waals surface area contributed by atoms with Crippen molar-refractivity contribution in [3.8, 4) is 5.75 Å². The molecule has 0 radical (unpaired) electrons. The predicted octanol–water partition coefficient (Wildman–Crippen LogP) is 1.11. The molecule has 0 bridgehead atoms. The fraction of sp³-hybridized carbons (Fsp3) is 0. The molecule has 2 N–H and O–H groups in total. The van der Waals surface area contributed by atoms with Gasteiger partial charge in [0.15, 0.2) is 5.69 Å². The normalized spacial score (nSPS) is 10.0. The van der Waals surface area contributed by atoms with E-state index >= 15 is 0 Å². The summed E-state index contributed by atoms with van der Waals surface area (Å²) < 4.78 is 0. The van der Waals surface area contributed by atoms with Gasteiger partial charge in [-0.1, -0.05) is 0 Å². The molecule has 6 heteroatoms. The summed E-state index contributed by atoms with van der Waals surface area (Å²) in [7, 11) is 0. The molecule has 0 aliphatic rings. The highest BCUT2D eigenvalue weighted by Gasteiger charge is 2.12. The molecule has 1 heterocycles. The number of nitrogens with zero attached hydrogens (tertiary/aromatic N) is 2. The van der Waals surface area contributed by atoms with Crippen molar-refractivity contribution in [2.24, 2.45) is 0 Å². The van der Waals surface area contributed by atoms with Crippen molar-refractivity contribution in [1.29, 1.82) is 0 Å². The van der Waals surface area contributed by atoms with Crippen molar-refractivity contribution in [3.63, 3.8) is 0 Å². The topological polar surface area (TPSA) is 100 Å². The van der Waals surface area contributed by atoms with Crippen molar-refractivity contribution in [2.45, 2.75) is 0 Å². The number of aromatic nitrogens is 2. The maximum atomic E-state index is 11.9. The molecule has 0 saturated heterocycles. The van der Waals surface area contributed by atoms with Crippen LogP contribution in [0.1, 0.15) is 26.5 Å². The van der Waals surface area contributed by atoms with Crippen molar-refractivity contribution in [3.05, 3.63) is 53.6 Å². The number of ketones is 1. The summed E-state index contributed by atoms with van der Waals surface area (Å²) in [5.74, 6) is -1.54. The van der Waals surface area contributed by atoms with E-state index in [0.717, 1.165) is 12.4 Å². The first-order valence-electron chi connectivity index (χ1n) is 4.97. The average molecular weight is 244 g/mol. The lowest BCUT2D eigenvalue weighted by Crippen LogP contribution is -2.08. The number of carboxylic acids is 1. The van der Waals surface area contributed by atoms with Crippen LogP contribution in [0.4, 0.5) is 0 Å². The first kappa shape index (κ1) is 11.7. The van der Waals surface area contributed by atoms with Crippen LogP contribution >= 0.6 is 0 Å². The third kappa shape index (κ3) is 2.32. The van der Waals surface area contributed by atoms with E-state index in [0.29, 0.717) is 5.56 Å². The zero-order chi connectivity index (χ0) is 13.1. The van der Waals surface area contributed by atoms with Gasteiger partial charge in [-0.05, 0) is 24.3 Å². The Bertz CT molecular complexity index is 590. The number of rotatable bonds is 3. The van der Waals surface area contributed by atoms with Gasteiger partial charge in [-0.15, -0.1) is 0 Å². The largest absolute Gasteiger partial charge is 0.508 e. The van der Waals surface area contributed by atoms with Gasteiger partial charge in [-0.2, -0.15) is 0 Å². The number of carbonyl (C=O) groups excluding carboxylic acids is 1. The maximum absolute atomic E-state index is 11.9. The highest BCUT2D eigenvalue weighted by Crippen LogP contribution is 2.12. The fourth-order valence-corrected chi connectivity index (χ4v) is 1.32. The molecule has 0 unspecified atom stereocenters. The van der Waals surface area contributed by atoms with E-state index in [2.05, 4.69) is 9.97 Å². The molecule has 18 heavy (non-hydrogen) atoms. The van der Waals surface area contributed by atoms with E-state index < -0.39 is 5.97 Å². The number of aromatic hydroxyl groups is 1. The lowest BCUT2D eigenvalue weighted by atomic mass is 10.1. The van der Waals surface area contributed by atoms with Crippen LogP contribution in [0.2, 0.25) is 0 Å². The minimum atomic E-state index is -1.20. The standard InChI is InChI=1S/C12H8N2O4/c15-8-3-1-7(2-4-8)11(16)9-5-14-10(6-13-9)12(17)18/h1-6,15H,(H,17,18). The monoisotopic (exact) mass is 244 g/mol. The van der Waals surface area contributed by atoms with Crippen LogP contribution in [0.25, 0.3) is 0 Å². The summed E-state index contributed by atoms with van der Waals surface area (Å²) >= 11 is 0. The number of aromatic carboxylic acids is 1. The number of carboxylic acid groups (broad SMARTS) is 1. The van der Waals surface area contributed by atoms with Crippen LogP contribution in [0.5, 0.6) is 5.75 Å². The molecule has 2 rings (SSSR count). The number of hydrogen-bond donors (Lipinski definition) is 2. The smallest absolute Gasteiger partial charge is 0.356 e. The second-order valence-electron chi connectivity index (χ2n) is 3.47. The molecule has 2 aromatic rings. The second kappa shape index (κ2) is 4.62. The zero-order valence-corrected chi connectivity index (χ0v) is 9.07. The molecule has 0 aliphatic carbocycles. The third-order valence-corrected chi connectivity index (χ3v) is 2.23. The van der Waals surface area contributed by atoms with Crippen molar-refractivity contribution >= 4 is 11.8 Å². The molecule has 90 valence electrons. The molecule has 6 nitrogen and oxygen atoms in total. The number of hydrogen-bond acceptors (Lipinski definition) is 5. The molecular formula is C12H8N2O4. The SMILES string of the molecule is O=C(O)c1cnc(C(=O)c2ccc(O)cc2)cn1. The van der Waals surface area contributed by atoms with Crippen molar-refractivity contribution in [2.75, 3.05) is 0 Å². The zero-order valence-electron chi connectivity index (χ0n) is 9.07. The number of benzene rings is 1. The van der Waals surface area contributed by atoms with Crippen LogP contribution in [0.15, 0.2) is 36.7 Å². The quantitative estimate of drug-likeness (QED) is 0.784. The van der Waals surface area contributed by atoms with Crippen LogP contribution in [-0.2, 0) is 0 Å². The summed E-state index contributed by atoms with van der Waals surface area (Å²) in [6.45, 7) is 0. The van der Waals surface area contributed by atoms with Gasteiger partial charge in [0.2, 0.25) is 5.78 Å². The number of phenols is 1. The minimum absolute atomic E-state index is 0.0469. The van der Waals surface area contributed by atoms with Crippen molar-refractivity contribution < 1.29 is 19.8 Å². The highest BCUT2D eigenvalue weighted by molar-refractivity contribution is 6.07. The Morgan fingerprint density at radius 3 is 2.00 bits per heavy atom. The molecule has 0 atom stereocenters. The molecule has 0 spiro atoms. The maximum Gasteiger partial charge on any atom is 0.356 e. The van der Waals surface area contributed by atoms with E-state index in [-0.39, 0.29) is 22.9 Å². The molecule has 0 amide bonds. The van der Waals surface area contributed by atoms with E-state index in [4.69, 9.17) is 10.2 Å². The molecular weight excluding hydrogens is 236 g/mol. The fourth-order valence-electron chi connectivity index (χ4n) is 1.32. The van der Waals surface area contributed by atoms with E-state index in [1.165, 1.54) is 24.3 Å². The van der Waals surface area contributed by atoms with E-state index in [9.17, 15) is 9.59 Å². The van der Waals surface area contributed by atoms with E-state index in [1.807, 2.05) is 0 Å². The Labute approximate surface area is 102 Å². The van der Waals surface area contributed by atoms with Gasteiger partial charge in [0.05, 0.1) is 12.4 Å². The van der Waals surface area contributed by atoms with Gasteiger partial charge in [0.25, 0.3) is 0 Å². The van der Waals surface area contributed by atoms with E-state index in [1.54, 1.807) is 0 Å². The first-order valence-corrected chi connectivity index (χ1v) is 4.97. The molecule has 0 aliphatic heterocycles. The van der Waals surface area contributed by atoms with Gasteiger partial charge in [0, 0.05) is 5.56 Å². The Morgan fingerprint density at radius 2 is 1.50 bits per heavy atom. The van der Waals surface area contributed by atoms with Gasteiger partial charge in [-0.25, -0.2) is 14.8 Å². The highest BCUT2D eigenvalue weighted by atomic mass is 16.4. The minimum Gasteiger partial charge on any atom is -0.508 e. The summed E-state index contributed by atoms with van der Waals surface area (Å²) in [5.41, 5.74) is 0.160. The van der Waals surface area contributed by atoms with Crippen LogP contribution in [-0.4, -0.2) is 31.9 Å². The summed E-state index contributed by atoms with van der Waals surface area (Å²) in [6.07, 6.45) is 2.13. The Morgan fingerprint density at radius 1 is 0.944 bits per heavy atom. The molecule has 1 aromatic carbocycles. The Balaban J connectivity index is 2.28. The van der Waals surface area contributed by atoms with Gasteiger partial charge in [0.1, 0.15) is 11.4 Å². The lowest BCUT2D eigenvalue weighted by Gasteiger charge is -2.00. The van der Waals surface area contributed by atoms with Crippen LogP contribution in [0, 0.1) is 0 Å². The summed E-state index contributed by atoms with van der Waals surface area (Å²) in [4.78, 5) is 29.8. The molecule has 1 aromatic heterocycles. The average Bonchev–Trinajstić information content (AvgIpc) is 2.39. The lowest BCUT2D eigenvalue weighted by molar-refractivity contribution is 0.0689. The van der Waals surface area contributed by atoms with Crippen LogP contribution < -0.4 is 0 Å². The van der Waals surface area contributed by atoms with Gasteiger partial charge >= 0.3 is 5.97 Å². The Kier molecular flexibility index (Phi) is 3.01. The second-order valence-corrected chi connectivity index (χ2v) is 3.47. The van der Waals surface area contributed by atoms with Crippen LogP contribution in [0.3, 0.4) is 0 Å². The first-order chi connectivity index (χ1) is 8.58. The predicted molar refractivity (Wildman–Crippen MR) is 60.5 cm³/mol. The molecule has 0 fully saturated rings. The Hall–Kier alpha value is -2.76. The molecule has 0 saturated carbocycles. The third-order valence-electron chi connectivity index (χ3n) is 2.23. The van der Waals surface area contributed by atoms with Gasteiger partial charge < -0.3 is 10.2 Å².